The molecule has 114 valence electrons. The number of alkyl halides is 3. The Bertz CT molecular complexity index is 700. The highest BCUT2D eigenvalue weighted by Gasteiger charge is 2.36. The minimum Gasteiger partial charge on any atom is -0.279 e. The summed E-state index contributed by atoms with van der Waals surface area (Å²) in [5.74, 6) is 0. The van der Waals surface area contributed by atoms with Crippen LogP contribution in [0.5, 0.6) is 0 Å². The number of rotatable bonds is 4. The molecule has 0 aliphatic rings. The van der Waals surface area contributed by atoms with Crippen molar-refractivity contribution in [3.05, 3.63) is 69.8 Å². The second-order valence-corrected chi connectivity index (χ2v) is 4.23. The topological polar surface area (TPSA) is 67.5 Å². The lowest BCUT2D eigenvalue weighted by Crippen LogP contribution is -2.11. The van der Waals surface area contributed by atoms with E-state index >= 15 is 0 Å². The van der Waals surface area contributed by atoms with Gasteiger partial charge in [0.2, 0.25) is 0 Å². The van der Waals surface area contributed by atoms with Crippen LogP contribution < -0.4 is 5.43 Å². The molecule has 5 nitrogen and oxygen atoms in total. The first-order valence-corrected chi connectivity index (χ1v) is 6.08. The predicted molar refractivity (Wildman–Crippen MR) is 75.8 cm³/mol. The molecule has 0 heterocycles. The molecular weight excluding hydrogens is 299 g/mol. The van der Waals surface area contributed by atoms with E-state index < -0.39 is 27.9 Å². The minimum absolute atomic E-state index is 0.547. The molecule has 0 atom stereocenters. The lowest BCUT2D eigenvalue weighted by Gasteiger charge is -2.10. The highest BCUT2D eigenvalue weighted by atomic mass is 19.4. The summed E-state index contributed by atoms with van der Waals surface area (Å²) in [6.45, 7) is 0. The number of hydrazone groups is 1. The van der Waals surface area contributed by atoms with Crippen LogP contribution in [0.1, 0.15) is 11.1 Å². The number of hydrogen-bond donors (Lipinski definition) is 1. The third-order valence-electron chi connectivity index (χ3n) is 2.75. The molecule has 0 aliphatic heterocycles. The molecule has 0 saturated heterocycles. The number of nitrogens with zero attached hydrogens (tertiary/aromatic N) is 2. The number of para-hydroxylation sites is 1. The van der Waals surface area contributed by atoms with Gasteiger partial charge in [0.05, 0.1) is 28.0 Å². The van der Waals surface area contributed by atoms with Gasteiger partial charge in [0.1, 0.15) is 0 Å². The Kier molecular flexibility index (Phi) is 4.40. The van der Waals surface area contributed by atoms with E-state index in [1.165, 1.54) is 0 Å². The third-order valence-corrected chi connectivity index (χ3v) is 2.75. The van der Waals surface area contributed by atoms with Crippen molar-refractivity contribution in [1.29, 1.82) is 0 Å². The standard InChI is InChI=1S/C14H10F3N3O2/c15-14(16,17)12-7-4-8-13(20(21)22)11(12)9-18-19-10-5-2-1-3-6-10/h1-9,19H. The summed E-state index contributed by atoms with van der Waals surface area (Å²) in [4.78, 5) is 10.0. The number of nitro benzene ring substituents is 1. The molecule has 2 rings (SSSR count). The first-order valence-electron chi connectivity index (χ1n) is 6.08. The number of benzene rings is 2. The van der Waals surface area contributed by atoms with E-state index in [-0.39, 0.29) is 0 Å². The molecule has 0 saturated carbocycles. The van der Waals surface area contributed by atoms with Crippen molar-refractivity contribution >= 4 is 17.6 Å². The van der Waals surface area contributed by atoms with E-state index in [0.717, 1.165) is 24.4 Å². The Morgan fingerprint density at radius 3 is 2.36 bits per heavy atom. The molecule has 0 bridgehead atoms. The maximum atomic E-state index is 12.9. The van der Waals surface area contributed by atoms with Crippen molar-refractivity contribution in [3.63, 3.8) is 0 Å². The third kappa shape index (κ3) is 3.60. The molecule has 2 aromatic carbocycles. The Hall–Kier alpha value is -2.90. The molecule has 1 N–H and O–H groups in total. The second kappa shape index (κ2) is 6.25. The molecule has 0 unspecified atom stereocenters. The number of anilines is 1. The Balaban J connectivity index is 2.37. The first kappa shape index (κ1) is 15.5. The highest BCUT2D eigenvalue weighted by Crippen LogP contribution is 2.34. The maximum absolute atomic E-state index is 12.9. The van der Waals surface area contributed by atoms with Gasteiger partial charge in [0, 0.05) is 6.07 Å². The summed E-state index contributed by atoms with van der Waals surface area (Å²) in [6.07, 6.45) is -3.91. The smallest absolute Gasteiger partial charge is 0.279 e. The van der Waals surface area contributed by atoms with Gasteiger partial charge in [-0.1, -0.05) is 24.3 Å². The van der Waals surface area contributed by atoms with Crippen molar-refractivity contribution in [1.82, 2.24) is 0 Å². The van der Waals surface area contributed by atoms with Gasteiger partial charge in [-0.25, -0.2) is 0 Å². The van der Waals surface area contributed by atoms with E-state index in [1.54, 1.807) is 30.3 Å². The van der Waals surface area contributed by atoms with Gasteiger partial charge in [-0.2, -0.15) is 18.3 Å². The largest absolute Gasteiger partial charge is 0.417 e. The number of halogens is 3. The fourth-order valence-electron chi connectivity index (χ4n) is 1.78. The van der Waals surface area contributed by atoms with Crippen molar-refractivity contribution in [2.45, 2.75) is 6.18 Å². The molecular formula is C14H10F3N3O2. The number of nitro groups is 1. The summed E-state index contributed by atoms with van der Waals surface area (Å²) < 4.78 is 38.8. The normalized spacial score (nSPS) is 11.6. The van der Waals surface area contributed by atoms with Gasteiger partial charge < -0.3 is 0 Å². The molecule has 0 radical (unpaired) electrons. The van der Waals surface area contributed by atoms with Crippen LogP contribution in [0.2, 0.25) is 0 Å². The van der Waals surface area contributed by atoms with E-state index in [0.29, 0.717) is 5.69 Å². The van der Waals surface area contributed by atoms with Gasteiger partial charge in [-0.05, 0) is 18.2 Å². The highest BCUT2D eigenvalue weighted by molar-refractivity contribution is 5.88. The fraction of sp³-hybridized carbons (Fsp3) is 0.0714. The van der Waals surface area contributed by atoms with Gasteiger partial charge in [-0.15, -0.1) is 0 Å². The van der Waals surface area contributed by atoms with Gasteiger partial charge in [0.25, 0.3) is 5.69 Å². The Morgan fingerprint density at radius 1 is 1.09 bits per heavy atom. The zero-order valence-corrected chi connectivity index (χ0v) is 11.0. The quantitative estimate of drug-likeness (QED) is 0.526. The zero-order valence-electron chi connectivity index (χ0n) is 11.0. The fourth-order valence-corrected chi connectivity index (χ4v) is 1.78. The lowest BCUT2D eigenvalue weighted by atomic mass is 10.1. The molecule has 0 aliphatic carbocycles. The summed E-state index contributed by atoms with van der Waals surface area (Å²) >= 11 is 0. The van der Waals surface area contributed by atoms with Crippen molar-refractivity contribution in [2.24, 2.45) is 5.10 Å². The molecule has 0 amide bonds. The maximum Gasteiger partial charge on any atom is 0.417 e. The monoisotopic (exact) mass is 309 g/mol. The van der Waals surface area contributed by atoms with E-state index in [9.17, 15) is 23.3 Å². The zero-order chi connectivity index (χ0) is 16.2. The van der Waals surface area contributed by atoms with E-state index in [1.807, 2.05) is 0 Å². The number of nitrogens with one attached hydrogen (secondary N) is 1. The summed E-state index contributed by atoms with van der Waals surface area (Å²) in [5.41, 5.74) is 0.701. The Morgan fingerprint density at radius 2 is 1.77 bits per heavy atom. The summed E-state index contributed by atoms with van der Waals surface area (Å²) in [5, 5.41) is 14.5. The molecule has 0 fully saturated rings. The molecule has 0 spiro atoms. The number of hydrogen-bond acceptors (Lipinski definition) is 4. The van der Waals surface area contributed by atoms with Gasteiger partial charge in [-0.3, -0.25) is 15.5 Å². The molecule has 22 heavy (non-hydrogen) atoms. The molecule has 2 aromatic rings. The minimum atomic E-state index is -4.71. The molecule has 8 heteroatoms. The van der Waals surface area contributed by atoms with Gasteiger partial charge in [0.15, 0.2) is 0 Å². The van der Waals surface area contributed by atoms with Crippen molar-refractivity contribution in [2.75, 3.05) is 5.43 Å². The summed E-state index contributed by atoms with van der Waals surface area (Å²) in [6, 6.07) is 11.3. The average Bonchev–Trinajstić information content (AvgIpc) is 2.47. The SMILES string of the molecule is O=[N+]([O-])c1cccc(C(F)(F)F)c1C=NNc1ccccc1. The van der Waals surface area contributed by atoms with Crippen LogP contribution in [0.25, 0.3) is 0 Å². The van der Waals surface area contributed by atoms with Crippen LogP contribution in [0.15, 0.2) is 53.6 Å². The summed E-state index contributed by atoms with van der Waals surface area (Å²) in [7, 11) is 0. The van der Waals surface area contributed by atoms with Crippen LogP contribution in [0, 0.1) is 10.1 Å². The first-order chi connectivity index (χ1) is 10.4. The van der Waals surface area contributed by atoms with Crippen LogP contribution in [0.3, 0.4) is 0 Å². The van der Waals surface area contributed by atoms with E-state index in [4.69, 9.17) is 0 Å². The van der Waals surface area contributed by atoms with Crippen LogP contribution in [-0.2, 0) is 6.18 Å². The Labute approximate surface area is 123 Å². The van der Waals surface area contributed by atoms with Crippen LogP contribution in [0.4, 0.5) is 24.5 Å². The average molecular weight is 309 g/mol. The van der Waals surface area contributed by atoms with E-state index in [2.05, 4.69) is 10.5 Å². The second-order valence-electron chi connectivity index (χ2n) is 4.23. The predicted octanol–water partition coefficient (Wildman–Crippen LogP) is 4.06. The van der Waals surface area contributed by atoms with Crippen LogP contribution in [-0.4, -0.2) is 11.1 Å². The van der Waals surface area contributed by atoms with Crippen molar-refractivity contribution < 1.29 is 18.1 Å². The van der Waals surface area contributed by atoms with Crippen molar-refractivity contribution in [3.8, 4) is 0 Å². The van der Waals surface area contributed by atoms with Gasteiger partial charge >= 0.3 is 6.18 Å². The lowest BCUT2D eigenvalue weighted by molar-refractivity contribution is -0.385. The molecule has 0 aromatic heterocycles. The van der Waals surface area contributed by atoms with Crippen LogP contribution >= 0.6 is 0 Å².